The van der Waals surface area contributed by atoms with Crippen LogP contribution in [0, 0.1) is 0 Å². The van der Waals surface area contributed by atoms with E-state index in [9.17, 15) is 4.79 Å². The van der Waals surface area contributed by atoms with Crippen LogP contribution in [0.1, 0.15) is 19.3 Å². The third-order valence-electron chi connectivity index (χ3n) is 3.74. The molecule has 1 amide bonds. The van der Waals surface area contributed by atoms with E-state index in [0.29, 0.717) is 25.7 Å². The number of methoxy groups -OCH3 is 1. The van der Waals surface area contributed by atoms with Crippen LogP contribution in [0.25, 0.3) is 0 Å². The molecule has 5 nitrogen and oxygen atoms in total. The van der Waals surface area contributed by atoms with Crippen molar-refractivity contribution < 1.29 is 14.3 Å². The minimum Gasteiger partial charge on any atom is -0.383 e. The molecular formula is C13H24N2O3S. The zero-order valence-electron chi connectivity index (χ0n) is 11.6. The van der Waals surface area contributed by atoms with E-state index in [0.717, 1.165) is 31.6 Å². The summed E-state index contributed by atoms with van der Waals surface area (Å²) in [5.74, 6) is 2.34. The molecule has 6 heteroatoms. The molecule has 1 spiro atoms. The average Bonchev–Trinajstić information content (AvgIpc) is 2.85. The largest absolute Gasteiger partial charge is 0.383 e. The highest BCUT2D eigenvalue weighted by atomic mass is 32.2. The van der Waals surface area contributed by atoms with Gasteiger partial charge in [-0.3, -0.25) is 4.79 Å². The Balaban J connectivity index is 1.66. The zero-order valence-corrected chi connectivity index (χ0v) is 12.4. The van der Waals surface area contributed by atoms with Crippen LogP contribution in [-0.4, -0.2) is 62.5 Å². The minimum absolute atomic E-state index is 0.0402. The highest BCUT2D eigenvalue weighted by molar-refractivity contribution is 7.99. The first-order valence-corrected chi connectivity index (χ1v) is 8.10. The molecule has 2 heterocycles. The summed E-state index contributed by atoms with van der Waals surface area (Å²) in [5, 5.41) is 6.18. The number of hydrogen-bond donors (Lipinski definition) is 2. The standard InChI is InChI=1S/C13H24N2O3S/c1-17-6-4-14-12(16)9-15-11-2-5-18-13(8-11)3-7-19-10-13/h11,15H,2-10H2,1H3,(H,14,16). The maximum absolute atomic E-state index is 11.6. The molecule has 2 aliphatic heterocycles. The molecule has 19 heavy (non-hydrogen) atoms. The van der Waals surface area contributed by atoms with Gasteiger partial charge in [-0.1, -0.05) is 0 Å². The van der Waals surface area contributed by atoms with E-state index < -0.39 is 0 Å². The van der Waals surface area contributed by atoms with Crippen LogP contribution in [0.2, 0.25) is 0 Å². The topological polar surface area (TPSA) is 59.6 Å². The van der Waals surface area contributed by atoms with Gasteiger partial charge < -0.3 is 20.1 Å². The summed E-state index contributed by atoms with van der Waals surface area (Å²) < 4.78 is 10.9. The Morgan fingerprint density at radius 2 is 2.47 bits per heavy atom. The van der Waals surface area contributed by atoms with Crippen LogP contribution in [-0.2, 0) is 14.3 Å². The van der Waals surface area contributed by atoms with E-state index in [1.165, 1.54) is 5.75 Å². The van der Waals surface area contributed by atoms with E-state index in [-0.39, 0.29) is 11.5 Å². The van der Waals surface area contributed by atoms with Crippen molar-refractivity contribution in [3.63, 3.8) is 0 Å². The van der Waals surface area contributed by atoms with Crippen molar-refractivity contribution >= 4 is 17.7 Å². The monoisotopic (exact) mass is 288 g/mol. The highest BCUT2D eigenvalue weighted by Crippen LogP contribution is 2.38. The Morgan fingerprint density at radius 1 is 1.58 bits per heavy atom. The van der Waals surface area contributed by atoms with Gasteiger partial charge in [0, 0.05) is 32.1 Å². The lowest BCUT2D eigenvalue weighted by Crippen LogP contribution is -2.49. The summed E-state index contributed by atoms with van der Waals surface area (Å²) in [7, 11) is 1.63. The number of nitrogens with one attached hydrogen (secondary N) is 2. The molecule has 0 aliphatic carbocycles. The molecule has 0 aromatic rings. The number of thioether (sulfide) groups is 1. The second-order valence-electron chi connectivity index (χ2n) is 5.25. The fourth-order valence-electron chi connectivity index (χ4n) is 2.66. The second kappa shape index (κ2) is 7.47. The fraction of sp³-hybridized carbons (Fsp3) is 0.923. The molecule has 0 saturated carbocycles. The van der Waals surface area contributed by atoms with Crippen LogP contribution >= 0.6 is 11.8 Å². The van der Waals surface area contributed by atoms with E-state index in [4.69, 9.17) is 9.47 Å². The molecule has 0 aromatic heterocycles. The second-order valence-corrected chi connectivity index (χ2v) is 6.35. The van der Waals surface area contributed by atoms with Crippen LogP contribution < -0.4 is 10.6 Å². The van der Waals surface area contributed by atoms with Crippen molar-refractivity contribution in [3.8, 4) is 0 Å². The summed E-state index contributed by atoms with van der Waals surface area (Å²) in [6.07, 6.45) is 3.18. The summed E-state index contributed by atoms with van der Waals surface area (Å²) in [6, 6.07) is 0.403. The first-order chi connectivity index (χ1) is 9.24. The van der Waals surface area contributed by atoms with Crippen LogP contribution in [0.15, 0.2) is 0 Å². The summed E-state index contributed by atoms with van der Waals surface area (Å²) >= 11 is 1.97. The first-order valence-electron chi connectivity index (χ1n) is 6.95. The van der Waals surface area contributed by atoms with Crippen molar-refractivity contribution in [3.05, 3.63) is 0 Å². The third kappa shape index (κ3) is 4.63. The number of rotatable bonds is 6. The van der Waals surface area contributed by atoms with E-state index in [1.807, 2.05) is 11.8 Å². The summed E-state index contributed by atoms with van der Waals surface area (Å²) in [4.78, 5) is 11.6. The Morgan fingerprint density at radius 3 is 3.21 bits per heavy atom. The third-order valence-corrected chi connectivity index (χ3v) is 4.96. The molecule has 0 radical (unpaired) electrons. The van der Waals surface area contributed by atoms with Gasteiger partial charge in [0.2, 0.25) is 5.91 Å². The van der Waals surface area contributed by atoms with E-state index >= 15 is 0 Å². The molecule has 110 valence electrons. The van der Waals surface area contributed by atoms with Crippen molar-refractivity contribution in [2.24, 2.45) is 0 Å². The van der Waals surface area contributed by atoms with Gasteiger partial charge in [0.05, 0.1) is 18.8 Å². The molecule has 2 aliphatic rings. The Labute approximate surface area is 119 Å². The maximum Gasteiger partial charge on any atom is 0.234 e. The fourth-order valence-corrected chi connectivity index (χ4v) is 4.04. The maximum atomic E-state index is 11.6. The molecule has 0 aromatic carbocycles. The lowest BCUT2D eigenvalue weighted by molar-refractivity contribution is -0.121. The molecule has 0 bridgehead atoms. The summed E-state index contributed by atoms with van der Waals surface area (Å²) in [5.41, 5.74) is 0.0765. The molecule has 2 unspecified atom stereocenters. The zero-order chi connectivity index (χ0) is 13.6. The van der Waals surface area contributed by atoms with Gasteiger partial charge in [-0.25, -0.2) is 0 Å². The van der Waals surface area contributed by atoms with Crippen molar-refractivity contribution in [2.45, 2.75) is 30.9 Å². The minimum atomic E-state index is 0.0402. The quantitative estimate of drug-likeness (QED) is 0.693. The number of carbonyl (C=O) groups excluding carboxylic acids is 1. The Hall–Kier alpha value is -0.300. The van der Waals surface area contributed by atoms with Crippen LogP contribution in [0.3, 0.4) is 0 Å². The molecule has 2 N–H and O–H groups in total. The normalized spacial score (nSPS) is 30.7. The van der Waals surface area contributed by atoms with Gasteiger partial charge in [0.25, 0.3) is 0 Å². The van der Waals surface area contributed by atoms with Gasteiger partial charge in [-0.05, 0) is 25.0 Å². The molecule has 2 rings (SSSR count). The van der Waals surface area contributed by atoms with Gasteiger partial charge in [0.15, 0.2) is 0 Å². The van der Waals surface area contributed by atoms with E-state index in [2.05, 4.69) is 10.6 Å². The van der Waals surface area contributed by atoms with Crippen molar-refractivity contribution in [1.29, 1.82) is 0 Å². The average molecular weight is 288 g/mol. The predicted molar refractivity (Wildman–Crippen MR) is 76.5 cm³/mol. The van der Waals surface area contributed by atoms with Gasteiger partial charge in [0.1, 0.15) is 0 Å². The summed E-state index contributed by atoms with van der Waals surface area (Å²) in [6.45, 7) is 2.33. The lowest BCUT2D eigenvalue weighted by atomic mass is 9.90. The van der Waals surface area contributed by atoms with Gasteiger partial charge in [-0.15, -0.1) is 0 Å². The molecule has 2 fully saturated rings. The molecule has 2 atom stereocenters. The first kappa shape index (κ1) is 15.1. The number of ether oxygens (including phenoxy) is 2. The molecule has 2 saturated heterocycles. The van der Waals surface area contributed by atoms with Crippen LogP contribution in [0.4, 0.5) is 0 Å². The number of amides is 1. The Bertz CT molecular complexity index is 296. The Kier molecular flexibility index (Phi) is 5.94. The highest BCUT2D eigenvalue weighted by Gasteiger charge is 2.40. The van der Waals surface area contributed by atoms with Crippen molar-refractivity contribution in [2.75, 3.05) is 44.9 Å². The smallest absolute Gasteiger partial charge is 0.234 e. The van der Waals surface area contributed by atoms with Crippen molar-refractivity contribution in [1.82, 2.24) is 10.6 Å². The SMILES string of the molecule is COCCNC(=O)CNC1CCOC2(CCSC2)C1. The lowest BCUT2D eigenvalue weighted by Gasteiger charge is -2.38. The van der Waals surface area contributed by atoms with E-state index in [1.54, 1.807) is 7.11 Å². The number of carbonyl (C=O) groups is 1. The van der Waals surface area contributed by atoms with Gasteiger partial charge in [-0.2, -0.15) is 11.8 Å². The van der Waals surface area contributed by atoms with Crippen LogP contribution in [0.5, 0.6) is 0 Å². The molecular weight excluding hydrogens is 264 g/mol. The van der Waals surface area contributed by atoms with Gasteiger partial charge >= 0.3 is 0 Å². The predicted octanol–water partition coefficient (Wildman–Crippen LogP) is 0.393. The number of hydrogen-bond acceptors (Lipinski definition) is 5.